The number of hydrogen-bond acceptors (Lipinski definition) is 4. The second kappa shape index (κ2) is 7.49. The molecule has 1 aromatic rings. The SMILES string of the molecule is CC(C)C(O)CC(=O)N1CCN(c2ncc(Cl)cc2Cl)CC1. The minimum Gasteiger partial charge on any atom is -0.392 e. The normalized spacial score (nSPS) is 17.0. The van der Waals surface area contributed by atoms with Crippen LogP contribution in [0.25, 0.3) is 0 Å². The second-order valence-corrected chi connectivity index (χ2v) is 6.69. The van der Waals surface area contributed by atoms with Crippen LogP contribution in [-0.4, -0.2) is 53.2 Å². The van der Waals surface area contributed by atoms with Crippen LogP contribution in [0.2, 0.25) is 10.0 Å². The second-order valence-electron chi connectivity index (χ2n) is 5.84. The van der Waals surface area contributed by atoms with Gasteiger partial charge in [0, 0.05) is 32.4 Å². The molecule has 2 heterocycles. The summed E-state index contributed by atoms with van der Waals surface area (Å²) in [5.41, 5.74) is 0. The molecular formula is C15H21Cl2N3O2. The van der Waals surface area contributed by atoms with Crippen molar-refractivity contribution in [3.05, 3.63) is 22.3 Å². The van der Waals surface area contributed by atoms with Crippen molar-refractivity contribution in [2.24, 2.45) is 5.92 Å². The summed E-state index contributed by atoms with van der Waals surface area (Å²) in [6, 6.07) is 1.67. The first-order valence-corrected chi connectivity index (χ1v) is 8.16. The van der Waals surface area contributed by atoms with Gasteiger partial charge in [0.25, 0.3) is 0 Å². The van der Waals surface area contributed by atoms with E-state index >= 15 is 0 Å². The molecule has 22 heavy (non-hydrogen) atoms. The maximum atomic E-state index is 12.2. The average Bonchev–Trinajstić information content (AvgIpc) is 2.47. The zero-order chi connectivity index (χ0) is 16.3. The molecule has 0 aliphatic carbocycles. The maximum Gasteiger partial charge on any atom is 0.225 e. The summed E-state index contributed by atoms with van der Waals surface area (Å²) in [6.45, 7) is 6.35. The Morgan fingerprint density at radius 2 is 1.95 bits per heavy atom. The van der Waals surface area contributed by atoms with E-state index in [1.807, 2.05) is 18.7 Å². The molecule has 1 aliphatic heterocycles. The van der Waals surface area contributed by atoms with Gasteiger partial charge in [-0.25, -0.2) is 4.98 Å². The average molecular weight is 346 g/mol. The number of pyridine rings is 1. The van der Waals surface area contributed by atoms with Gasteiger partial charge in [-0.3, -0.25) is 4.79 Å². The highest BCUT2D eigenvalue weighted by Gasteiger charge is 2.25. The Kier molecular flexibility index (Phi) is 5.89. The van der Waals surface area contributed by atoms with Crippen molar-refractivity contribution < 1.29 is 9.90 Å². The highest BCUT2D eigenvalue weighted by atomic mass is 35.5. The molecule has 2 rings (SSSR count). The molecular weight excluding hydrogens is 325 g/mol. The fourth-order valence-corrected chi connectivity index (χ4v) is 2.85. The molecule has 1 unspecified atom stereocenters. The summed E-state index contributed by atoms with van der Waals surface area (Å²) in [6.07, 6.45) is 1.16. The van der Waals surface area contributed by atoms with Gasteiger partial charge in [-0.05, 0) is 12.0 Å². The van der Waals surface area contributed by atoms with Crippen LogP contribution in [0.4, 0.5) is 5.82 Å². The summed E-state index contributed by atoms with van der Waals surface area (Å²) in [5, 5.41) is 10.8. The molecule has 122 valence electrons. The molecule has 0 saturated carbocycles. The van der Waals surface area contributed by atoms with Crippen LogP contribution < -0.4 is 4.90 Å². The van der Waals surface area contributed by atoms with E-state index in [2.05, 4.69) is 4.98 Å². The van der Waals surface area contributed by atoms with Crippen molar-refractivity contribution in [1.82, 2.24) is 9.88 Å². The summed E-state index contributed by atoms with van der Waals surface area (Å²) < 4.78 is 0. The quantitative estimate of drug-likeness (QED) is 0.910. The van der Waals surface area contributed by atoms with E-state index in [1.54, 1.807) is 17.2 Å². The fraction of sp³-hybridized carbons (Fsp3) is 0.600. The van der Waals surface area contributed by atoms with Crippen LogP contribution in [0.3, 0.4) is 0 Å². The Bertz CT molecular complexity index is 532. The minimum atomic E-state index is -0.585. The third-order valence-corrected chi connectivity index (χ3v) is 4.36. The standard InChI is InChI=1S/C15H21Cl2N3O2/c1-10(2)13(21)8-14(22)19-3-5-20(6-4-19)15-12(17)7-11(16)9-18-15/h7,9-10,13,21H,3-6,8H2,1-2H3. The fourth-order valence-electron chi connectivity index (χ4n) is 2.35. The summed E-state index contributed by atoms with van der Waals surface area (Å²) in [7, 11) is 0. The van der Waals surface area contributed by atoms with Crippen molar-refractivity contribution in [2.75, 3.05) is 31.1 Å². The number of nitrogens with zero attached hydrogens (tertiary/aromatic N) is 3. The van der Waals surface area contributed by atoms with Crippen molar-refractivity contribution in [2.45, 2.75) is 26.4 Å². The zero-order valence-corrected chi connectivity index (χ0v) is 14.3. The van der Waals surface area contributed by atoms with E-state index < -0.39 is 6.10 Å². The van der Waals surface area contributed by atoms with E-state index in [0.29, 0.717) is 42.0 Å². The number of piperazine rings is 1. The van der Waals surface area contributed by atoms with E-state index in [9.17, 15) is 9.90 Å². The van der Waals surface area contributed by atoms with Gasteiger partial charge in [-0.2, -0.15) is 0 Å². The molecule has 5 nitrogen and oxygen atoms in total. The molecule has 1 atom stereocenters. The van der Waals surface area contributed by atoms with Crippen LogP contribution in [0.1, 0.15) is 20.3 Å². The predicted molar refractivity (Wildman–Crippen MR) is 88.5 cm³/mol. The predicted octanol–water partition coefficient (Wildman–Crippen LogP) is 2.44. The number of halogens is 2. The van der Waals surface area contributed by atoms with Gasteiger partial charge in [0.1, 0.15) is 5.82 Å². The number of amides is 1. The molecule has 0 spiro atoms. The smallest absolute Gasteiger partial charge is 0.225 e. The Morgan fingerprint density at radius 3 is 2.50 bits per heavy atom. The number of aliphatic hydroxyl groups is 1. The molecule has 0 aromatic carbocycles. The number of rotatable bonds is 4. The molecule has 1 aliphatic rings. The van der Waals surface area contributed by atoms with Crippen LogP contribution in [0.15, 0.2) is 12.3 Å². The molecule has 1 saturated heterocycles. The summed E-state index contributed by atoms with van der Waals surface area (Å²) in [5.74, 6) is 0.777. The van der Waals surface area contributed by atoms with Crippen LogP contribution in [-0.2, 0) is 4.79 Å². The van der Waals surface area contributed by atoms with Crippen LogP contribution in [0, 0.1) is 5.92 Å². The Labute approximate surface area is 140 Å². The van der Waals surface area contributed by atoms with E-state index in [-0.39, 0.29) is 18.2 Å². The summed E-state index contributed by atoms with van der Waals surface area (Å²) >= 11 is 12.0. The lowest BCUT2D eigenvalue weighted by Gasteiger charge is -2.36. The highest BCUT2D eigenvalue weighted by Crippen LogP contribution is 2.26. The summed E-state index contributed by atoms with van der Waals surface area (Å²) in [4.78, 5) is 20.2. The number of aliphatic hydroxyl groups excluding tert-OH is 1. The van der Waals surface area contributed by atoms with Crippen LogP contribution >= 0.6 is 23.2 Å². The van der Waals surface area contributed by atoms with Crippen molar-refractivity contribution in [3.63, 3.8) is 0 Å². The topological polar surface area (TPSA) is 56.7 Å². The highest BCUT2D eigenvalue weighted by molar-refractivity contribution is 6.36. The van der Waals surface area contributed by atoms with Gasteiger partial charge in [0.05, 0.1) is 22.6 Å². The van der Waals surface area contributed by atoms with E-state index in [4.69, 9.17) is 23.2 Å². The lowest BCUT2D eigenvalue weighted by atomic mass is 10.0. The van der Waals surface area contributed by atoms with Gasteiger partial charge in [-0.1, -0.05) is 37.0 Å². The number of anilines is 1. The Morgan fingerprint density at radius 1 is 1.32 bits per heavy atom. The molecule has 0 bridgehead atoms. The number of carbonyl (C=O) groups excluding carboxylic acids is 1. The van der Waals surface area contributed by atoms with Crippen molar-refractivity contribution >= 4 is 34.9 Å². The molecule has 0 radical (unpaired) electrons. The maximum absolute atomic E-state index is 12.2. The van der Waals surface area contributed by atoms with E-state index in [0.717, 1.165) is 0 Å². The first-order chi connectivity index (χ1) is 10.4. The first kappa shape index (κ1) is 17.3. The van der Waals surface area contributed by atoms with Gasteiger partial charge in [0.2, 0.25) is 5.91 Å². The Balaban J connectivity index is 1.91. The first-order valence-electron chi connectivity index (χ1n) is 7.40. The minimum absolute atomic E-state index is 0.00369. The largest absolute Gasteiger partial charge is 0.392 e. The molecule has 1 N–H and O–H groups in total. The molecule has 1 aromatic heterocycles. The third kappa shape index (κ3) is 4.24. The van der Waals surface area contributed by atoms with Crippen molar-refractivity contribution in [3.8, 4) is 0 Å². The van der Waals surface area contributed by atoms with Crippen LogP contribution in [0.5, 0.6) is 0 Å². The number of hydrogen-bond donors (Lipinski definition) is 1. The number of aromatic nitrogens is 1. The van der Waals surface area contributed by atoms with Gasteiger partial charge >= 0.3 is 0 Å². The molecule has 1 fully saturated rings. The lowest BCUT2D eigenvalue weighted by molar-refractivity contribution is -0.134. The number of carbonyl (C=O) groups is 1. The van der Waals surface area contributed by atoms with Gasteiger partial charge in [0.15, 0.2) is 0 Å². The monoisotopic (exact) mass is 345 g/mol. The lowest BCUT2D eigenvalue weighted by Crippen LogP contribution is -2.49. The van der Waals surface area contributed by atoms with E-state index in [1.165, 1.54) is 0 Å². The third-order valence-electron chi connectivity index (χ3n) is 3.87. The van der Waals surface area contributed by atoms with Gasteiger partial charge < -0.3 is 14.9 Å². The molecule has 1 amide bonds. The Hall–Kier alpha value is -1.04. The molecule has 7 heteroatoms. The van der Waals surface area contributed by atoms with Crippen molar-refractivity contribution in [1.29, 1.82) is 0 Å². The van der Waals surface area contributed by atoms with Gasteiger partial charge in [-0.15, -0.1) is 0 Å². The zero-order valence-electron chi connectivity index (χ0n) is 12.8.